The number of hydrogen-bond donors (Lipinski definition) is 3. The Balaban J connectivity index is 1.17. The predicted octanol–water partition coefficient (Wildman–Crippen LogP) is 4.51. The molecule has 0 bridgehead atoms. The Labute approximate surface area is 236 Å². The van der Waals surface area contributed by atoms with Crippen molar-refractivity contribution in [1.29, 1.82) is 0 Å². The van der Waals surface area contributed by atoms with E-state index in [-0.39, 0.29) is 16.8 Å². The quantitative estimate of drug-likeness (QED) is 0.317. The van der Waals surface area contributed by atoms with Crippen molar-refractivity contribution < 1.29 is 14.3 Å². The maximum Gasteiger partial charge on any atom is 0.274 e. The number of aryl methyl sites for hydroxylation is 2. The van der Waals surface area contributed by atoms with Crippen LogP contribution in [0.1, 0.15) is 59.2 Å². The standard InChI is InChI=1S/C29H31ClFN7O2/c1-37-15-34-26(27(37)28(39)35-20-5-6-23(31)22(30)9-20)17-7-18-11-29(40,12-19(18)8-17)25-10-24(36-38(25)2)16-3-4-21(13-32)33-14-16/h3-6,9-10,14-15,17-19,40H,7-8,11-13,32H2,1-2H3,(H,35,39). The third-order valence-electron chi connectivity index (χ3n) is 8.47. The topological polar surface area (TPSA) is 124 Å². The number of amides is 1. The van der Waals surface area contributed by atoms with E-state index in [1.54, 1.807) is 28.8 Å². The van der Waals surface area contributed by atoms with Crippen LogP contribution in [0.4, 0.5) is 10.1 Å². The van der Waals surface area contributed by atoms with Gasteiger partial charge in [-0.1, -0.05) is 11.6 Å². The number of nitrogens with two attached hydrogens (primary N) is 1. The molecule has 2 fully saturated rings. The molecule has 11 heteroatoms. The lowest BCUT2D eigenvalue weighted by atomic mass is 9.89. The second-order valence-corrected chi connectivity index (χ2v) is 11.5. The molecule has 3 aromatic heterocycles. The van der Waals surface area contributed by atoms with Crippen LogP contribution < -0.4 is 11.1 Å². The van der Waals surface area contributed by atoms with Gasteiger partial charge in [0.25, 0.3) is 5.91 Å². The molecule has 1 aromatic carbocycles. The van der Waals surface area contributed by atoms with Crippen molar-refractivity contribution in [3.8, 4) is 11.3 Å². The van der Waals surface area contributed by atoms with Gasteiger partial charge in [-0.05, 0) is 73.9 Å². The molecular weight excluding hydrogens is 533 g/mol. The number of aromatic nitrogens is 5. The van der Waals surface area contributed by atoms with Crippen LogP contribution in [0.3, 0.4) is 0 Å². The Kier molecular flexibility index (Phi) is 6.72. The highest BCUT2D eigenvalue weighted by molar-refractivity contribution is 6.31. The number of imidazole rings is 1. The molecule has 0 aliphatic heterocycles. The zero-order chi connectivity index (χ0) is 28.2. The van der Waals surface area contributed by atoms with Crippen LogP contribution in [-0.2, 0) is 26.2 Å². The Hall–Kier alpha value is -3.60. The first-order chi connectivity index (χ1) is 19.1. The smallest absolute Gasteiger partial charge is 0.274 e. The minimum atomic E-state index is -0.975. The number of carbonyl (C=O) groups excluding carboxylic acids is 1. The fraction of sp³-hybridized carbons (Fsp3) is 0.379. The number of nitrogens with one attached hydrogen (secondary N) is 1. The fourth-order valence-electron chi connectivity index (χ4n) is 6.62. The molecule has 40 heavy (non-hydrogen) atoms. The highest BCUT2D eigenvalue weighted by Crippen LogP contribution is 2.57. The van der Waals surface area contributed by atoms with Crippen LogP contribution in [0.5, 0.6) is 0 Å². The van der Waals surface area contributed by atoms with E-state index >= 15 is 0 Å². The van der Waals surface area contributed by atoms with E-state index in [0.29, 0.717) is 42.6 Å². The molecule has 0 radical (unpaired) electrons. The van der Waals surface area contributed by atoms with Gasteiger partial charge in [0.15, 0.2) is 0 Å². The normalized spacial score (nSPS) is 23.9. The number of anilines is 1. The molecule has 2 aliphatic rings. The lowest BCUT2D eigenvalue weighted by Crippen LogP contribution is -2.26. The molecule has 4 N–H and O–H groups in total. The van der Waals surface area contributed by atoms with Gasteiger partial charge in [-0.2, -0.15) is 5.10 Å². The van der Waals surface area contributed by atoms with E-state index in [4.69, 9.17) is 17.3 Å². The predicted molar refractivity (Wildman–Crippen MR) is 149 cm³/mol. The van der Waals surface area contributed by atoms with E-state index < -0.39 is 11.4 Å². The summed E-state index contributed by atoms with van der Waals surface area (Å²) in [6, 6.07) is 9.89. The summed E-state index contributed by atoms with van der Waals surface area (Å²) >= 11 is 5.89. The van der Waals surface area contributed by atoms with Crippen LogP contribution >= 0.6 is 11.6 Å². The van der Waals surface area contributed by atoms with Gasteiger partial charge in [0.1, 0.15) is 17.1 Å². The monoisotopic (exact) mass is 563 g/mol. The van der Waals surface area contributed by atoms with Crippen LogP contribution in [0.25, 0.3) is 11.3 Å². The van der Waals surface area contributed by atoms with E-state index in [1.807, 2.05) is 25.2 Å². The summed E-state index contributed by atoms with van der Waals surface area (Å²) in [5, 5.41) is 19.2. The zero-order valence-corrected chi connectivity index (χ0v) is 23.1. The number of benzene rings is 1. The molecule has 208 valence electrons. The molecule has 4 aromatic rings. The maximum atomic E-state index is 13.6. The Morgan fingerprint density at radius 3 is 2.58 bits per heavy atom. The van der Waals surface area contributed by atoms with Crippen molar-refractivity contribution in [3.05, 3.63) is 82.5 Å². The third kappa shape index (κ3) is 4.70. The first-order valence-electron chi connectivity index (χ1n) is 13.3. The minimum absolute atomic E-state index is 0.0548. The van der Waals surface area contributed by atoms with Crippen LogP contribution in [0.15, 0.2) is 48.9 Å². The summed E-state index contributed by atoms with van der Waals surface area (Å²) in [5.74, 6) is -0.158. The molecule has 2 saturated carbocycles. The Morgan fingerprint density at radius 1 is 1.18 bits per heavy atom. The van der Waals surface area contributed by atoms with Gasteiger partial charge in [0, 0.05) is 44.0 Å². The number of aliphatic hydroxyl groups is 1. The lowest BCUT2D eigenvalue weighted by Gasteiger charge is -2.25. The van der Waals surface area contributed by atoms with Gasteiger partial charge in [-0.15, -0.1) is 0 Å². The number of fused-ring (bicyclic) bond motifs is 1. The summed E-state index contributed by atoms with van der Waals surface area (Å²) in [7, 11) is 3.65. The number of carbonyl (C=O) groups is 1. The molecule has 0 saturated heterocycles. The number of rotatable bonds is 6. The van der Waals surface area contributed by atoms with E-state index in [0.717, 1.165) is 41.2 Å². The first kappa shape index (κ1) is 26.6. The van der Waals surface area contributed by atoms with Crippen LogP contribution in [-0.4, -0.2) is 35.3 Å². The SMILES string of the molecule is Cn1cnc(C2CC3CC(O)(c4cc(-c5ccc(CN)nc5)nn4C)CC3C2)c1C(=O)Nc1ccc(F)c(Cl)c1. The molecule has 2 unspecified atom stereocenters. The molecular formula is C29H31ClFN7O2. The number of pyridine rings is 1. The van der Waals surface area contributed by atoms with Crippen LogP contribution in [0, 0.1) is 17.7 Å². The van der Waals surface area contributed by atoms with Gasteiger partial charge in [0.2, 0.25) is 0 Å². The average molecular weight is 564 g/mol. The van der Waals surface area contributed by atoms with Crippen molar-refractivity contribution in [3.63, 3.8) is 0 Å². The van der Waals surface area contributed by atoms with Crippen molar-refractivity contribution in [2.24, 2.45) is 31.7 Å². The maximum absolute atomic E-state index is 13.6. The van der Waals surface area contributed by atoms with Gasteiger partial charge in [0.05, 0.1) is 34.1 Å². The highest BCUT2D eigenvalue weighted by atomic mass is 35.5. The van der Waals surface area contributed by atoms with Crippen molar-refractivity contribution in [1.82, 2.24) is 24.3 Å². The second-order valence-electron chi connectivity index (χ2n) is 11.1. The molecule has 3 heterocycles. The molecule has 2 atom stereocenters. The fourth-order valence-corrected chi connectivity index (χ4v) is 6.80. The van der Waals surface area contributed by atoms with Crippen molar-refractivity contribution in [2.45, 2.75) is 43.7 Å². The van der Waals surface area contributed by atoms with Crippen LogP contribution in [0.2, 0.25) is 5.02 Å². The van der Waals surface area contributed by atoms with E-state index in [2.05, 4.69) is 20.4 Å². The van der Waals surface area contributed by atoms with Gasteiger partial charge in [-0.25, -0.2) is 9.37 Å². The van der Waals surface area contributed by atoms with Gasteiger partial charge in [-0.3, -0.25) is 14.5 Å². The third-order valence-corrected chi connectivity index (χ3v) is 8.76. The van der Waals surface area contributed by atoms with E-state index in [9.17, 15) is 14.3 Å². The number of nitrogens with zero attached hydrogens (tertiary/aromatic N) is 5. The second kappa shape index (κ2) is 10.1. The van der Waals surface area contributed by atoms with Gasteiger partial charge >= 0.3 is 0 Å². The number of hydrogen-bond acceptors (Lipinski definition) is 6. The summed E-state index contributed by atoms with van der Waals surface area (Å²) in [4.78, 5) is 22.2. The molecule has 6 rings (SSSR count). The van der Waals surface area contributed by atoms with Crippen molar-refractivity contribution in [2.75, 3.05) is 5.32 Å². The largest absolute Gasteiger partial charge is 0.384 e. The minimum Gasteiger partial charge on any atom is -0.384 e. The molecule has 0 spiro atoms. The first-order valence-corrected chi connectivity index (χ1v) is 13.7. The Bertz CT molecular complexity index is 1570. The molecule has 2 aliphatic carbocycles. The highest BCUT2D eigenvalue weighted by Gasteiger charge is 2.51. The molecule has 1 amide bonds. The average Bonchev–Trinajstić information content (AvgIpc) is 3.68. The zero-order valence-electron chi connectivity index (χ0n) is 22.3. The van der Waals surface area contributed by atoms with E-state index in [1.165, 1.54) is 18.2 Å². The molecule has 9 nitrogen and oxygen atoms in total. The van der Waals surface area contributed by atoms with Gasteiger partial charge < -0.3 is 20.7 Å². The lowest BCUT2D eigenvalue weighted by molar-refractivity contribution is 0.0263. The van der Waals surface area contributed by atoms with Crippen molar-refractivity contribution >= 4 is 23.2 Å². The Morgan fingerprint density at radius 2 is 1.93 bits per heavy atom. The summed E-state index contributed by atoms with van der Waals surface area (Å²) in [5.41, 5.74) is 9.59. The summed E-state index contributed by atoms with van der Waals surface area (Å²) in [6.45, 7) is 0.380. The summed E-state index contributed by atoms with van der Waals surface area (Å²) in [6.07, 6.45) is 6.33. The summed E-state index contributed by atoms with van der Waals surface area (Å²) < 4.78 is 17.0. The number of halogens is 2.